The minimum absolute atomic E-state index is 0.0528. The Bertz CT molecular complexity index is 727. The van der Waals surface area contributed by atoms with E-state index < -0.39 is 6.09 Å². The lowest BCUT2D eigenvalue weighted by Gasteiger charge is -2.27. The van der Waals surface area contributed by atoms with Crippen molar-refractivity contribution in [3.8, 4) is 0 Å². The van der Waals surface area contributed by atoms with Gasteiger partial charge in [0.15, 0.2) is 0 Å². The fourth-order valence-electron chi connectivity index (χ4n) is 3.75. The van der Waals surface area contributed by atoms with E-state index in [1.54, 1.807) is 12.1 Å². The van der Waals surface area contributed by atoms with Crippen molar-refractivity contribution in [3.63, 3.8) is 0 Å². The van der Waals surface area contributed by atoms with Gasteiger partial charge in [-0.15, -0.1) is 0 Å². The number of Topliss-reactive ketones (excluding diaryl/α,β-unsaturated/α-hetero) is 1. The molecule has 0 saturated carbocycles. The molecule has 172 valence electrons. The maximum atomic E-state index is 13.1. The number of piperidine rings is 1. The van der Waals surface area contributed by atoms with Crippen molar-refractivity contribution in [3.05, 3.63) is 29.8 Å². The largest absolute Gasteiger partial charge is 0.445 e. The third kappa shape index (κ3) is 8.32. The summed E-state index contributed by atoms with van der Waals surface area (Å²) >= 11 is 0. The van der Waals surface area contributed by atoms with E-state index in [-0.39, 0.29) is 42.5 Å². The van der Waals surface area contributed by atoms with Gasteiger partial charge in [0.25, 0.3) is 0 Å². The van der Waals surface area contributed by atoms with Crippen LogP contribution in [0.25, 0.3) is 0 Å². The van der Waals surface area contributed by atoms with Crippen LogP contribution in [0.15, 0.2) is 24.3 Å². The molecule has 31 heavy (non-hydrogen) atoms. The van der Waals surface area contributed by atoms with E-state index >= 15 is 0 Å². The number of anilines is 1. The molecule has 2 amide bonds. The molecule has 0 unspecified atom stereocenters. The van der Waals surface area contributed by atoms with E-state index in [0.717, 1.165) is 37.9 Å². The monoisotopic (exact) mass is 431 g/mol. The van der Waals surface area contributed by atoms with Crippen molar-refractivity contribution in [2.75, 3.05) is 25.5 Å². The van der Waals surface area contributed by atoms with Gasteiger partial charge in [0.05, 0.1) is 0 Å². The highest BCUT2D eigenvalue weighted by molar-refractivity contribution is 5.95. The molecular formula is C24H37N3O4. The Morgan fingerprint density at radius 3 is 2.32 bits per heavy atom. The number of carbonyl (C=O) groups excluding carboxylic acids is 3. The predicted octanol–water partition coefficient (Wildman–Crippen LogP) is 3.74. The predicted molar refractivity (Wildman–Crippen MR) is 122 cm³/mol. The summed E-state index contributed by atoms with van der Waals surface area (Å²) in [6.07, 6.45) is 2.61. The zero-order valence-electron chi connectivity index (χ0n) is 19.2. The lowest BCUT2D eigenvalue weighted by molar-refractivity contribution is -0.129. The molecule has 7 heteroatoms. The molecule has 0 bridgehead atoms. The van der Waals surface area contributed by atoms with Gasteiger partial charge < -0.3 is 20.7 Å². The third-order valence-corrected chi connectivity index (χ3v) is 6.20. The zero-order valence-corrected chi connectivity index (χ0v) is 19.2. The Kier molecular flexibility index (Phi) is 9.98. The molecule has 0 spiro atoms. The SMILES string of the molecule is CNC(=O)OCc1ccc(NC(=O)[C@@H](CC(=O)[C@@H](C)C(C)C)CC2CCNCC2)cc1. The fourth-order valence-corrected chi connectivity index (χ4v) is 3.75. The Morgan fingerprint density at radius 1 is 1.10 bits per heavy atom. The number of nitrogens with one attached hydrogen (secondary N) is 3. The van der Waals surface area contributed by atoms with Crippen molar-refractivity contribution < 1.29 is 19.1 Å². The van der Waals surface area contributed by atoms with E-state index in [4.69, 9.17) is 4.74 Å². The van der Waals surface area contributed by atoms with Crippen LogP contribution in [0.2, 0.25) is 0 Å². The molecule has 0 aromatic heterocycles. The van der Waals surface area contributed by atoms with E-state index in [9.17, 15) is 14.4 Å². The second-order valence-corrected chi connectivity index (χ2v) is 8.84. The molecule has 1 saturated heterocycles. The molecule has 0 radical (unpaired) electrons. The van der Waals surface area contributed by atoms with E-state index in [1.807, 2.05) is 32.9 Å². The van der Waals surface area contributed by atoms with Crippen LogP contribution < -0.4 is 16.0 Å². The molecule has 1 aliphatic heterocycles. The van der Waals surface area contributed by atoms with Gasteiger partial charge in [0.2, 0.25) is 5.91 Å². The second kappa shape index (κ2) is 12.4. The average Bonchev–Trinajstić information content (AvgIpc) is 2.77. The summed E-state index contributed by atoms with van der Waals surface area (Å²) in [7, 11) is 1.51. The van der Waals surface area contributed by atoms with Crippen LogP contribution >= 0.6 is 0 Å². The topological polar surface area (TPSA) is 96.5 Å². The molecule has 0 aliphatic carbocycles. The van der Waals surface area contributed by atoms with Gasteiger partial charge in [-0.25, -0.2) is 4.79 Å². The number of amides is 2. The number of alkyl carbamates (subject to hydrolysis) is 1. The molecular weight excluding hydrogens is 394 g/mol. The highest BCUT2D eigenvalue weighted by Gasteiger charge is 2.29. The third-order valence-electron chi connectivity index (χ3n) is 6.20. The van der Waals surface area contributed by atoms with Crippen LogP contribution in [0, 0.1) is 23.7 Å². The number of hydrogen-bond acceptors (Lipinski definition) is 5. The number of ketones is 1. The maximum Gasteiger partial charge on any atom is 0.407 e. The van der Waals surface area contributed by atoms with Crippen molar-refractivity contribution >= 4 is 23.5 Å². The lowest BCUT2D eigenvalue weighted by atomic mass is 9.81. The molecule has 1 aliphatic rings. The highest BCUT2D eigenvalue weighted by atomic mass is 16.5. The summed E-state index contributed by atoms with van der Waals surface area (Å²) in [5, 5.41) is 8.74. The van der Waals surface area contributed by atoms with Gasteiger partial charge in [-0.05, 0) is 61.9 Å². The van der Waals surface area contributed by atoms with Gasteiger partial charge in [0, 0.05) is 31.0 Å². The molecule has 1 heterocycles. The summed E-state index contributed by atoms with van der Waals surface area (Å²) < 4.78 is 5.03. The first-order valence-electron chi connectivity index (χ1n) is 11.3. The quantitative estimate of drug-likeness (QED) is 0.524. The van der Waals surface area contributed by atoms with Crippen LogP contribution in [-0.4, -0.2) is 37.9 Å². The zero-order chi connectivity index (χ0) is 22.8. The smallest absolute Gasteiger partial charge is 0.407 e. The minimum atomic E-state index is -0.488. The summed E-state index contributed by atoms with van der Waals surface area (Å²) in [6.45, 7) is 8.13. The second-order valence-electron chi connectivity index (χ2n) is 8.84. The Morgan fingerprint density at radius 2 is 1.74 bits per heavy atom. The summed E-state index contributed by atoms with van der Waals surface area (Å²) in [5.41, 5.74) is 1.50. The Balaban J connectivity index is 2.01. The van der Waals surface area contributed by atoms with E-state index in [0.29, 0.717) is 11.6 Å². The first-order chi connectivity index (χ1) is 14.8. The van der Waals surface area contributed by atoms with Gasteiger partial charge in [0.1, 0.15) is 12.4 Å². The summed E-state index contributed by atoms with van der Waals surface area (Å²) in [5.74, 6) is 0.405. The number of hydrogen-bond donors (Lipinski definition) is 3. The van der Waals surface area contributed by atoms with Gasteiger partial charge >= 0.3 is 6.09 Å². The normalized spacial score (nSPS) is 16.4. The van der Waals surface area contributed by atoms with Crippen LogP contribution in [0.4, 0.5) is 10.5 Å². The number of benzene rings is 1. The summed E-state index contributed by atoms with van der Waals surface area (Å²) in [4.78, 5) is 37.0. The van der Waals surface area contributed by atoms with E-state index in [2.05, 4.69) is 16.0 Å². The molecule has 3 N–H and O–H groups in total. The molecule has 2 rings (SSSR count). The number of rotatable bonds is 10. The lowest BCUT2D eigenvalue weighted by Crippen LogP contribution is -2.33. The Hall–Kier alpha value is -2.41. The van der Waals surface area contributed by atoms with E-state index in [1.165, 1.54) is 7.05 Å². The molecule has 7 nitrogen and oxygen atoms in total. The van der Waals surface area contributed by atoms with Gasteiger partial charge in [-0.1, -0.05) is 32.9 Å². The van der Waals surface area contributed by atoms with Crippen molar-refractivity contribution in [1.29, 1.82) is 0 Å². The molecule has 1 aromatic carbocycles. The number of ether oxygens (including phenoxy) is 1. The molecule has 1 fully saturated rings. The van der Waals surface area contributed by atoms with Gasteiger partial charge in [-0.2, -0.15) is 0 Å². The van der Waals surface area contributed by atoms with Gasteiger partial charge in [-0.3, -0.25) is 9.59 Å². The maximum absolute atomic E-state index is 13.1. The van der Waals surface area contributed by atoms with Crippen LogP contribution in [0.1, 0.15) is 52.0 Å². The fraction of sp³-hybridized carbons (Fsp3) is 0.625. The summed E-state index contributed by atoms with van der Waals surface area (Å²) in [6, 6.07) is 7.21. The first-order valence-corrected chi connectivity index (χ1v) is 11.3. The van der Waals surface area contributed by atoms with Crippen molar-refractivity contribution in [1.82, 2.24) is 10.6 Å². The Labute approximate surface area is 185 Å². The molecule has 1 aromatic rings. The first kappa shape index (κ1) is 24.9. The minimum Gasteiger partial charge on any atom is -0.445 e. The van der Waals surface area contributed by atoms with Crippen LogP contribution in [-0.2, 0) is 20.9 Å². The average molecular weight is 432 g/mol. The van der Waals surface area contributed by atoms with Crippen molar-refractivity contribution in [2.24, 2.45) is 23.7 Å². The standard InChI is InChI=1S/C24H37N3O4/c1-16(2)17(3)22(28)14-20(13-18-9-11-26-12-10-18)23(29)27-21-7-5-19(6-8-21)15-31-24(30)25-4/h5-8,16-18,20,26H,9-15H2,1-4H3,(H,25,30)(H,27,29)/t17-,20+/m0/s1. The van der Waals surface area contributed by atoms with Crippen molar-refractivity contribution in [2.45, 2.75) is 53.1 Å². The number of carbonyl (C=O) groups is 3. The highest BCUT2D eigenvalue weighted by Crippen LogP contribution is 2.27. The van der Waals surface area contributed by atoms with Crippen LogP contribution in [0.3, 0.4) is 0 Å². The molecule has 2 atom stereocenters. The van der Waals surface area contributed by atoms with Crippen LogP contribution in [0.5, 0.6) is 0 Å².